The molecule has 0 spiro atoms. The van der Waals surface area contributed by atoms with Crippen LogP contribution in [0.4, 0.5) is 0 Å². The molecule has 4 aromatic rings. The summed E-state index contributed by atoms with van der Waals surface area (Å²) in [6, 6.07) is 26.3. The van der Waals surface area contributed by atoms with Crippen LogP contribution in [-0.4, -0.2) is 52.9 Å². The lowest BCUT2D eigenvalue weighted by Crippen LogP contribution is -2.40. The van der Waals surface area contributed by atoms with Crippen LogP contribution < -0.4 is 21.9 Å². The van der Waals surface area contributed by atoms with Crippen LogP contribution >= 0.6 is 0 Å². The minimum Gasteiger partial charge on any atom is -0.401 e. The summed E-state index contributed by atoms with van der Waals surface area (Å²) in [6.07, 6.45) is -1.16. The molecule has 31 rings (SSSR count). The molecule has 0 aromatic heterocycles. The van der Waals surface area contributed by atoms with Crippen molar-refractivity contribution in [1.29, 1.82) is 0 Å². The molecule has 12 heteroatoms. The molecule has 24 bridgehead atoms. The Balaban J connectivity index is 0.922. The van der Waals surface area contributed by atoms with E-state index in [1.165, 1.54) is 44.5 Å². The van der Waals surface area contributed by atoms with Crippen LogP contribution in [0, 0.1) is 0 Å². The average Bonchev–Trinajstić information content (AvgIpc) is 4.04. The lowest BCUT2D eigenvalue weighted by Gasteiger charge is -2.28. The van der Waals surface area contributed by atoms with E-state index in [0.29, 0.717) is 0 Å². The minimum absolute atomic E-state index is 0.119. The van der Waals surface area contributed by atoms with Crippen molar-refractivity contribution >= 4 is 50.3 Å². The van der Waals surface area contributed by atoms with Gasteiger partial charge in [0.05, 0.1) is 48.8 Å². The molecule has 23 aliphatic heterocycles. The third kappa shape index (κ3) is 4.03. The molecule has 23 heterocycles. The monoisotopic (exact) mass is 744 g/mol. The van der Waals surface area contributed by atoms with Crippen molar-refractivity contribution in [3.05, 3.63) is 117 Å². The SMILES string of the molecule is CC1(C)c2cc3c4cc2[C@@H]2OB(O[C@@H]21)c1ccc(cc1)B1O[C@H]2c5cc6c(cc5C(C)(C)[C@H]2O1)[C@@H]1OB(O[C@@H]1C6(C)C)c1ccc(cc1)B1O[C@@H]3[C@H](O1)C4(C)C. The topological polar surface area (TPSA) is 73.8 Å². The first-order valence-electron chi connectivity index (χ1n) is 20.5. The number of rotatable bonds is 0. The fourth-order valence-electron chi connectivity index (χ4n) is 12.2. The van der Waals surface area contributed by atoms with Gasteiger partial charge in [-0.15, -0.1) is 0 Å². The van der Waals surface area contributed by atoms with Gasteiger partial charge in [-0.2, -0.15) is 0 Å². The second-order valence-corrected chi connectivity index (χ2v) is 20.1. The van der Waals surface area contributed by atoms with E-state index >= 15 is 0 Å². The Morgan fingerprint density at radius 3 is 0.714 bits per heavy atom. The molecular formula is C44H44B4O8. The molecule has 0 N–H and O–H groups in total. The summed E-state index contributed by atoms with van der Waals surface area (Å²) in [7, 11) is -1.88. The van der Waals surface area contributed by atoms with Crippen molar-refractivity contribution in [2.75, 3.05) is 0 Å². The molecule has 8 atom stereocenters. The zero-order chi connectivity index (χ0) is 38.0. The summed E-state index contributed by atoms with van der Waals surface area (Å²) in [4.78, 5) is 0. The summed E-state index contributed by atoms with van der Waals surface area (Å²) in [6.45, 7) is 18.2. The third-order valence-electron chi connectivity index (χ3n) is 15.5. The van der Waals surface area contributed by atoms with E-state index in [1.54, 1.807) is 0 Å². The van der Waals surface area contributed by atoms with E-state index in [-0.39, 0.29) is 70.5 Å². The second-order valence-electron chi connectivity index (χ2n) is 20.1. The van der Waals surface area contributed by atoms with E-state index in [1.807, 2.05) is 0 Å². The summed E-state index contributed by atoms with van der Waals surface area (Å²) in [5.41, 5.74) is 12.8. The maximum absolute atomic E-state index is 6.84. The van der Waals surface area contributed by atoms with E-state index in [4.69, 9.17) is 37.2 Å². The van der Waals surface area contributed by atoms with Gasteiger partial charge in [-0.1, -0.05) is 128 Å². The Bertz CT molecular complexity index is 2060. The average molecular weight is 744 g/mol. The standard InChI is InChI=1S/C44H44B4O8/c1-41(2)29-17-26-30-18-25(29)33-37(41)53-45(49-33)21-9-11-22(12-10-21)47-51-35-27-19-32-28(20-31(27)43(5,6)39(35)55-47)36-40(44(32,7)8)56-48(52-36)24-15-13-23(14-16-24)46-50-34(26)38(54-46)42(30,3)4/h9-20,33-40H,1-8H3/t33-,34-,35-,36-,37-,38-,39-,40-/m0/s1. The molecule has 4 aromatic carbocycles. The van der Waals surface area contributed by atoms with E-state index in [9.17, 15) is 0 Å². The van der Waals surface area contributed by atoms with Gasteiger partial charge < -0.3 is 37.2 Å². The molecule has 0 amide bonds. The van der Waals surface area contributed by atoms with Crippen LogP contribution in [0.1, 0.15) is 124 Å². The fraction of sp³-hybridized carbons (Fsp3) is 0.455. The summed E-state index contributed by atoms with van der Waals surface area (Å²) >= 11 is 0. The van der Waals surface area contributed by atoms with Crippen LogP contribution in [0.15, 0.2) is 72.8 Å². The highest BCUT2D eigenvalue weighted by Crippen LogP contribution is 2.60. The van der Waals surface area contributed by atoms with Gasteiger partial charge in [-0.25, -0.2) is 0 Å². The molecule has 27 aliphatic rings. The van der Waals surface area contributed by atoms with Crippen molar-refractivity contribution in [3.8, 4) is 0 Å². The van der Waals surface area contributed by atoms with E-state index in [0.717, 1.165) is 21.9 Å². The number of benzene rings is 4. The van der Waals surface area contributed by atoms with Gasteiger partial charge in [0.15, 0.2) is 0 Å². The van der Waals surface area contributed by atoms with Crippen molar-refractivity contribution in [2.24, 2.45) is 0 Å². The smallest absolute Gasteiger partial charge is 0.401 e. The zero-order valence-electron chi connectivity index (χ0n) is 33.1. The second kappa shape index (κ2) is 10.5. The van der Waals surface area contributed by atoms with Crippen molar-refractivity contribution < 1.29 is 37.2 Å². The molecule has 0 unspecified atom stereocenters. The Kier molecular flexibility index (Phi) is 6.34. The van der Waals surface area contributed by atoms with Crippen molar-refractivity contribution in [1.82, 2.24) is 0 Å². The predicted molar refractivity (Wildman–Crippen MR) is 214 cm³/mol. The Hall–Kier alpha value is -3.18. The molecule has 0 radical (unpaired) electrons. The van der Waals surface area contributed by atoms with Gasteiger partial charge >= 0.3 is 28.5 Å². The third-order valence-corrected chi connectivity index (χ3v) is 15.5. The maximum Gasteiger partial charge on any atom is 0.494 e. The molecule has 8 nitrogen and oxygen atoms in total. The van der Waals surface area contributed by atoms with Crippen molar-refractivity contribution in [3.63, 3.8) is 0 Å². The molecule has 4 saturated heterocycles. The van der Waals surface area contributed by atoms with Crippen LogP contribution in [0.3, 0.4) is 0 Å². The highest BCUT2D eigenvalue weighted by atomic mass is 16.7. The Labute approximate surface area is 329 Å². The van der Waals surface area contributed by atoms with Crippen LogP contribution in [-0.2, 0) is 58.9 Å². The Morgan fingerprint density at radius 2 is 0.518 bits per heavy atom. The lowest BCUT2D eigenvalue weighted by molar-refractivity contribution is 0.113. The first kappa shape index (κ1) is 33.8. The van der Waals surface area contributed by atoms with Gasteiger partial charge in [0.1, 0.15) is 0 Å². The highest BCUT2D eigenvalue weighted by Gasteiger charge is 2.62. The summed E-state index contributed by atoms with van der Waals surface area (Å²) in [5, 5.41) is 0. The first-order chi connectivity index (χ1) is 26.7. The number of hydrogen-bond acceptors (Lipinski definition) is 8. The normalized spacial score (nSPS) is 34.3. The molecule has 0 saturated carbocycles. The maximum atomic E-state index is 6.84. The highest BCUT2D eigenvalue weighted by molar-refractivity contribution is 6.65. The largest absolute Gasteiger partial charge is 0.494 e. The molecular weight excluding hydrogens is 700 g/mol. The van der Waals surface area contributed by atoms with Crippen LogP contribution in [0.2, 0.25) is 0 Å². The number of hydrogen-bond donors (Lipinski definition) is 0. The Morgan fingerprint density at radius 1 is 0.321 bits per heavy atom. The van der Waals surface area contributed by atoms with Gasteiger partial charge in [-0.3, -0.25) is 0 Å². The fourth-order valence-corrected chi connectivity index (χ4v) is 12.2. The summed E-state index contributed by atoms with van der Waals surface area (Å²) in [5.74, 6) is 0. The van der Waals surface area contributed by atoms with Crippen LogP contribution in [0.25, 0.3) is 0 Å². The predicted octanol–water partition coefficient (Wildman–Crippen LogP) is 4.57. The molecule has 4 fully saturated rings. The van der Waals surface area contributed by atoms with Gasteiger partial charge in [0, 0.05) is 21.7 Å². The first-order valence-corrected chi connectivity index (χ1v) is 20.5. The molecule has 56 heavy (non-hydrogen) atoms. The minimum atomic E-state index is -0.471. The van der Waals surface area contributed by atoms with Crippen LogP contribution in [0.5, 0.6) is 0 Å². The zero-order valence-corrected chi connectivity index (χ0v) is 33.1. The quantitative estimate of drug-likeness (QED) is 0.243. The van der Waals surface area contributed by atoms with Gasteiger partial charge in [-0.05, 0) is 66.4 Å². The van der Waals surface area contributed by atoms with E-state index < -0.39 is 28.5 Å². The van der Waals surface area contributed by atoms with Crippen molar-refractivity contribution in [2.45, 2.75) is 126 Å². The van der Waals surface area contributed by atoms with Gasteiger partial charge in [0.25, 0.3) is 0 Å². The lowest BCUT2D eigenvalue weighted by atomic mass is 9.73. The van der Waals surface area contributed by atoms with Gasteiger partial charge in [0.2, 0.25) is 0 Å². The summed E-state index contributed by atoms with van der Waals surface area (Å²) < 4.78 is 54.7. The van der Waals surface area contributed by atoms with E-state index in [2.05, 4.69) is 128 Å². The molecule has 280 valence electrons. The molecule has 4 aliphatic carbocycles.